The lowest BCUT2D eigenvalue weighted by Gasteiger charge is -2.28. The highest BCUT2D eigenvalue weighted by molar-refractivity contribution is 6.20. The van der Waals surface area contributed by atoms with E-state index in [0.29, 0.717) is 24.5 Å². The minimum absolute atomic E-state index is 0.0225. The standard InChI is InChI=1S/C12H18N2O2/c1-13(2)8-10-11(15)5-6-14(12(10)16)7-9-3-4-9/h8-9H,3-7H2,1-2H3. The number of hydrogen-bond donors (Lipinski definition) is 0. The van der Waals surface area contributed by atoms with E-state index >= 15 is 0 Å². The minimum Gasteiger partial charge on any atom is -0.383 e. The van der Waals surface area contributed by atoms with E-state index in [0.717, 1.165) is 6.54 Å². The summed E-state index contributed by atoms with van der Waals surface area (Å²) >= 11 is 0. The summed E-state index contributed by atoms with van der Waals surface area (Å²) in [7, 11) is 3.65. The summed E-state index contributed by atoms with van der Waals surface area (Å²) in [4.78, 5) is 27.3. The average Bonchev–Trinajstić information content (AvgIpc) is 3.00. The molecule has 0 radical (unpaired) electrons. The fraction of sp³-hybridized carbons (Fsp3) is 0.667. The molecule has 1 saturated heterocycles. The zero-order valence-electron chi connectivity index (χ0n) is 9.90. The van der Waals surface area contributed by atoms with Crippen molar-refractivity contribution in [2.75, 3.05) is 27.2 Å². The van der Waals surface area contributed by atoms with Gasteiger partial charge in [0.05, 0.1) is 5.57 Å². The van der Waals surface area contributed by atoms with Crippen molar-refractivity contribution in [3.05, 3.63) is 11.8 Å². The van der Waals surface area contributed by atoms with Crippen LogP contribution in [0.2, 0.25) is 0 Å². The van der Waals surface area contributed by atoms with Crippen LogP contribution in [0.25, 0.3) is 0 Å². The van der Waals surface area contributed by atoms with Gasteiger partial charge >= 0.3 is 0 Å². The van der Waals surface area contributed by atoms with Crippen LogP contribution in [0, 0.1) is 5.92 Å². The van der Waals surface area contributed by atoms with Crippen LogP contribution in [0.1, 0.15) is 19.3 Å². The molecule has 0 unspecified atom stereocenters. The summed E-state index contributed by atoms with van der Waals surface area (Å²) in [6.45, 7) is 1.43. The van der Waals surface area contributed by atoms with Crippen LogP contribution < -0.4 is 0 Å². The molecule has 16 heavy (non-hydrogen) atoms. The highest BCUT2D eigenvalue weighted by Gasteiger charge is 2.33. The van der Waals surface area contributed by atoms with E-state index in [1.807, 2.05) is 19.0 Å². The number of rotatable bonds is 3. The van der Waals surface area contributed by atoms with Gasteiger partial charge in [-0.15, -0.1) is 0 Å². The Morgan fingerprint density at radius 3 is 2.62 bits per heavy atom. The van der Waals surface area contributed by atoms with Crippen molar-refractivity contribution in [1.82, 2.24) is 9.80 Å². The molecule has 4 heteroatoms. The maximum Gasteiger partial charge on any atom is 0.258 e. The third-order valence-electron chi connectivity index (χ3n) is 2.99. The van der Waals surface area contributed by atoms with E-state index in [1.54, 1.807) is 11.1 Å². The van der Waals surface area contributed by atoms with E-state index in [1.165, 1.54) is 12.8 Å². The zero-order valence-corrected chi connectivity index (χ0v) is 9.90. The lowest BCUT2D eigenvalue weighted by Crippen LogP contribution is -2.42. The van der Waals surface area contributed by atoms with E-state index < -0.39 is 0 Å². The molecule has 1 heterocycles. The third kappa shape index (κ3) is 2.43. The van der Waals surface area contributed by atoms with Gasteiger partial charge in [-0.3, -0.25) is 9.59 Å². The maximum absolute atomic E-state index is 12.0. The molecule has 0 aromatic rings. The number of carbonyl (C=O) groups is 2. The summed E-state index contributed by atoms with van der Waals surface area (Å²) in [5, 5.41) is 0. The van der Waals surface area contributed by atoms with E-state index in [-0.39, 0.29) is 11.7 Å². The fourth-order valence-electron chi connectivity index (χ4n) is 1.93. The number of Topliss-reactive ketones (excluding diaryl/α,β-unsaturated/α-hetero) is 1. The number of likely N-dealkylation sites (tertiary alicyclic amines) is 1. The number of carbonyl (C=O) groups excluding carboxylic acids is 2. The van der Waals surface area contributed by atoms with Gasteiger partial charge in [-0.25, -0.2) is 0 Å². The molecule has 0 aromatic heterocycles. The summed E-state index contributed by atoms with van der Waals surface area (Å²) in [5.74, 6) is 0.570. The first-order valence-electron chi connectivity index (χ1n) is 5.78. The second-order valence-electron chi connectivity index (χ2n) is 4.87. The molecule has 0 spiro atoms. The number of hydrogen-bond acceptors (Lipinski definition) is 3. The molecule has 1 saturated carbocycles. The van der Waals surface area contributed by atoms with Gasteiger partial charge in [-0.2, -0.15) is 0 Å². The fourth-order valence-corrected chi connectivity index (χ4v) is 1.93. The average molecular weight is 222 g/mol. The van der Waals surface area contributed by atoms with Gasteiger partial charge in [0.2, 0.25) is 0 Å². The Labute approximate surface area is 95.9 Å². The van der Waals surface area contributed by atoms with Gasteiger partial charge in [0.25, 0.3) is 5.91 Å². The molecule has 1 aliphatic carbocycles. The first kappa shape index (κ1) is 11.2. The van der Waals surface area contributed by atoms with Crippen molar-refractivity contribution >= 4 is 11.7 Å². The molecule has 88 valence electrons. The normalized spacial score (nSPS) is 24.1. The van der Waals surface area contributed by atoms with Gasteiger partial charge in [0.15, 0.2) is 5.78 Å². The molecule has 2 rings (SSSR count). The SMILES string of the molecule is CN(C)C=C1C(=O)CCN(CC2CC2)C1=O. The summed E-state index contributed by atoms with van der Waals surface area (Å²) in [6, 6.07) is 0. The van der Waals surface area contributed by atoms with Crippen LogP contribution in [0.5, 0.6) is 0 Å². The topological polar surface area (TPSA) is 40.6 Å². The van der Waals surface area contributed by atoms with Crippen molar-refractivity contribution in [2.45, 2.75) is 19.3 Å². The Morgan fingerprint density at radius 1 is 1.38 bits per heavy atom. The summed E-state index contributed by atoms with van der Waals surface area (Å²) in [6.07, 6.45) is 4.57. The largest absolute Gasteiger partial charge is 0.383 e. The third-order valence-corrected chi connectivity index (χ3v) is 2.99. The van der Waals surface area contributed by atoms with Gasteiger partial charge < -0.3 is 9.80 Å². The summed E-state index contributed by atoms with van der Waals surface area (Å²) in [5.41, 5.74) is 0.344. The van der Waals surface area contributed by atoms with E-state index in [4.69, 9.17) is 0 Å². The van der Waals surface area contributed by atoms with Gasteiger partial charge in [0, 0.05) is 39.8 Å². The van der Waals surface area contributed by atoms with Crippen molar-refractivity contribution < 1.29 is 9.59 Å². The van der Waals surface area contributed by atoms with Crippen LogP contribution in [0.15, 0.2) is 11.8 Å². The monoisotopic (exact) mass is 222 g/mol. The Bertz CT molecular complexity index is 343. The number of piperidine rings is 1. The first-order chi connectivity index (χ1) is 7.58. The zero-order chi connectivity index (χ0) is 11.7. The van der Waals surface area contributed by atoms with Gasteiger partial charge in [-0.05, 0) is 18.8 Å². The van der Waals surface area contributed by atoms with Crippen molar-refractivity contribution in [3.63, 3.8) is 0 Å². The van der Waals surface area contributed by atoms with E-state index in [2.05, 4.69) is 0 Å². The highest BCUT2D eigenvalue weighted by atomic mass is 16.2. The molecule has 2 aliphatic rings. The second-order valence-corrected chi connectivity index (χ2v) is 4.87. The highest BCUT2D eigenvalue weighted by Crippen LogP contribution is 2.31. The number of amides is 1. The quantitative estimate of drug-likeness (QED) is 0.520. The van der Waals surface area contributed by atoms with Crippen LogP contribution >= 0.6 is 0 Å². The molecule has 0 bridgehead atoms. The van der Waals surface area contributed by atoms with Crippen LogP contribution in [0.4, 0.5) is 0 Å². The maximum atomic E-state index is 12.0. The van der Waals surface area contributed by atoms with Crippen molar-refractivity contribution in [2.24, 2.45) is 5.92 Å². The first-order valence-corrected chi connectivity index (χ1v) is 5.78. The lowest BCUT2D eigenvalue weighted by atomic mass is 10.0. The number of ketones is 1. The smallest absolute Gasteiger partial charge is 0.258 e. The molecule has 1 aliphatic heterocycles. The van der Waals surface area contributed by atoms with Gasteiger partial charge in [0.1, 0.15) is 0 Å². The molecule has 0 N–H and O–H groups in total. The van der Waals surface area contributed by atoms with Crippen LogP contribution in [0.3, 0.4) is 0 Å². The molecule has 4 nitrogen and oxygen atoms in total. The van der Waals surface area contributed by atoms with Crippen molar-refractivity contribution in [3.8, 4) is 0 Å². The predicted octanol–water partition coefficient (Wildman–Crippen LogP) is 0.643. The molecule has 0 atom stereocenters. The van der Waals surface area contributed by atoms with Crippen LogP contribution in [-0.2, 0) is 9.59 Å². The molecule has 2 fully saturated rings. The molecule has 1 amide bonds. The predicted molar refractivity (Wildman–Crippen MR) is 60.7 cm³/mol. The second kappa shape index (κ2) is 4.28. The van der Waals surface area contributed by atoms with Gasteiger partial charge in [-0.1, -0.05) is 0 Å². The lowest BCUT2D eigenvalue weighted by molar-refractivity contribution is -0.133. The Kier molecular flexibility index (Phi) is 2.99. The van der Waals surface area contributed by atoms with Crippen LogP contribution in [-0.4, -0.2) is 48.7 Å². The molecular weight excluding hydrogens is 204 g/mol. The van der Waals surface area contributed by atoms with Crippen molar-refractivity contribution in [1.29, 1.82) is 0 Å². The minimum atomic E-state index is -0.0862. The Balaban J connectivity index is 2.09. The Morgan fingerprint density at radius 2 is 2.06 bits per heavy atom. The molecular formula is C12H18N2O2. The molecule has 0 aromatic carbocycles. The Hall–Kier alpha value is -1.32. The number of nitrogens with zero attached hydrogens (tertiary/aromatic N) is 2. The van der Waals surface area contributed by atoms with E-state index in [9.17, 15) is 9.59 Å². The summed E-state index contributed by atoms with van der Waals surface area (Å²) < 4.78 is 0.